The number of nitrogens with two attached hydrogens (primary N) is 1. The van der Waals surface area contributed by atoms with Gasteiger partial charge in [0.25, 0.3) is 0 Å². The maximum absolute atomic E-state index is 12.5. The van der Waals surface area contributed by atoms with Gasteiger partial charge in [-0.05, 0) is 37.0 Å². The van der Waals surface area contributed by atoms with Gasteiger partial charge >= 0.3 is 0 Å². The maximum Gasteiger partial charge on any atom is 0.244 e. The van der Waals surface area contributed by atoms with Crippen molar-refractivity contribution >= 4 is 27.3 Å². The van der Waals surface area contributed by atoms with Crippen molar-refractivity contribution in [2.45, 2.75) is 17.7 Å². The Morgan fingerprint density at radius 2 is 2.21 bits per heavy atom. The molecule has 0 aromatic heterocycles. The highest BCUT2D eigenvalue weighted by molar-refractivity contribution is 7.89. The number of halogens is 1. The fourth-order valence-corrected chi connectivity index (χ4v) is 4.34. The van der Waals surface area contributed by atoms with Crippen LogP contribution in [0, 0.1) is 5.92 Å². The van der Waals surface area contributed by atoms with Crippen LogP contribution in [0.4, 0.5) is 5.69 Å². The Hall–Kier alpha value is -0.820. The van der Waals surface area contributed by atoms with Gasteiger partial charge in [0.15, 0.2) is 0 Å². The van der Waals surface area contributed by atoms with Gasteiger partial charge in [0.1, 0.15) is 4.90 Å². The summed E-state index contributed by atoms with van der Waals surface area (Å²) in [6.45, 7) is 0.792. The summed E-state index contributed by atoms with van der Waals surface area (Å²) in [5.41, 5.74) is 5.99. The number of benzene rings is 1. The van der Waals surface area contributed by atoms with Crippen molar-refractivity contribution in [3.8, 4) is 0 Å². The molecule has 1 aromatic rings. The van der Waals surface area contributed by atoms with Crippen LogP contribution in [0.15, 0.2) is 23.1 Å². The minimum absolute atomic E-state index is 0.00148. The first-order chi connectivity index (χ1) is 8.95. The van der Waals surface area contributed by atoms with Crippen molar-refractivity contribution in [3.63, 3.8) is 0 Å². The van der Waals surface area contributed by atoms with Crippen LogP contribution in [0.2, 0.25) is 5.02 Å². The van der Waals surface area contributed by atoms with E-state index < -0.39 is 10.0 Å². The van der Waals surface area contributed by atoms with Crippen LogP contribution >= 0.6 is 11.6 Å². The largest absolute Gasteiger partial charge is 0.399 e. The minimum Gasteiger partial charge on any atom is -0.399 e. The Kier molecular flexibility index (Phi) is 4.35. The number of sulfonamides is 1. The van der Waals surface area contributed by atoms with Crippen LogP contribution in [-0.2, 0) is 10.0 Å². The second-order valence-corrected chi connectivity index (χ2v) is 7.06. The van der Waals surface area contributed by atoms with Gasteiger partial charge in [-0.2, -0.15) is 4.31 Å². The summed E-state index contributed by atoms with van der Waals surface area (Å²) in [4.78, 5) is 0.0713. The van der Waals surface area contributed by atoms with E-state index in [1.165, 1.54) is 22.5 Å². The first kappa shape index (κ1) is 14.6. The molecule has 0 saturated carbocycles. The zero-order chi connectivity index (χ0) is 14.0. The van der Waals surface area contributed by atoms with Crippen LogP contribution in [-0.4, -0.2) is 37.5 Å². The van der Waals surface area contributed by atoms with Crippen LogP contribution < -0.4 is 5.73 Å². The number of anilines is 1. The lowest BCUT2D eigenvalue weighted by atomic mass is 10.0. The third-order valence-corrected chi connectivity index (χ3v) is 5.66. The molecular weight excluding hydrogens is 288 g/mol. The lowest BCUT2D eigenvalue weighted by Gasteiger charge is -2.31. The second kappa shape index (κ2) is 5.66. The third kappa shape index (κ3) is 3.02. The molecule has 1 fully saturated rings. The van der Waals surface area contributed by atoms with Crippen LogP contribution in [0.25, 0.3) is 0 Å². The normalized spacial score (nSPS) is 21.5. The van der Waals surface area contributed by atoms with Crippen molar-refractivity contribution in [1.82, 2.24) is 4.31 Å². The highest BCUT2D eigenvalue weighted by Gasteiger charge is 2.31. The topological polar surface area (TPSA) is 83.6 Å². The molecule has 0 spiro atoms. The van der Waals surface area contributed by atoms with E-state index in [4.69, 9.17) is 17.3 Å². The number of hydrogen-bond donors (Lipinski definition) is 2. The van der Waals surface area contributed by atoms with Gasteiger partial charge in [-0.15, -0.1) is 0 Å². The number of rotatable bonds is 3. The number of aliphatic hydroxyl groups excluding tert-OH is 1. The second-order valence-electron chi connectivity index (χ2n) is 4.74. The van der Waals surface area contributed by atoms with E-state index in [-0.39, 0.29) is 22.4 Å². The summed E-state index contributed by atoms with van der Waals surface area (Å²) in [5, 5.41) is 9.30. The lowest BCUT2D eigenvalue weighted by molar-refractivity contribution is 0.165. The zero-order valence-corrected chi connectivity index (χ0v) is 12.0. The molecule has 19 heavy (non-hydrogen) atoms. The Labute approximate surface area is 118 Å². The molecule has 0 bridgehead atoms. The number of nitrogen functional groups attached to an aromatic ring is 1. The monoisotopic (exact) mass is 304 g/mol. The average Bonchev–Trinajstić information content (AvgIpc) is 2.38. The molecule has 7 heteroatoms. The van der Waals surface area contributed by atoms with Crippen LogP contribution in [0.1, 0.15) is 12.8 Å². The van der Waals surface area contributed by atoms with Gasteiger partial charge < -0.3 is 10.8 Å². The third-order valence-electron chi connectivity index (χ3n) is 3.31. The van der Waals surface area contributed by atoms with Crippen LogP contribution in [0.3, 0.4) is 0 Å². The van der Waals surface area contributed by atoms with E-state index in [2.05, 4.69) is 0 Å². The standard InChI is InChI=1S/C12H17ClN2O3S/c13-11-6-10(14)3-4-12(11)19(17,18)15-5-1-2-9(7-15)8-16/h3-4,6,9,16H,1-2,5,7-8,14H2. The molecule has 106 valence electrons. The molecule has 1 aliphatic rings. The highest BCUT2D eigenvalue weighted by atomic mass is 35.5. The summed E-state index contributed by atoms with van der Waals surface area (Å²) in [5.74, 6) is -0.00363. The van der Waals surface area contributed by atoms with Crippen molar-refractivity contribution in [1.29, 1.82) is 0 Å². The summed E-state index contributed by atoms with van der Waals surface area (Å²) >= 11 is 5.97. The first-order valence-electron chi connectivity index (χ1n) is 6.11. The molecular formula is C12H17ClN2O3S. The molecule has 5 nitrogen and oxygen atoms in total. The Morgan fingerprint density at radius 3 is 2.84 bits per heavy atom. The van der Waals surface area contributed by atoms with Gasteiger partial charge in [0.2, 0.25) is 10.0 Å². The van der Waals surface area contributed by atoms with E-state index in [9.17, 15) is 13.5 Å². The zero-order valence-electron chi connectivity index (χ0n) is 10.4. The molecule has 1 unspecified atom stereocenters. The number of aliphatic hydroxyl groups is 1. The first-order valence-corrected chi connectivity index (χ1v) is 7.93. The molecule has 0 amide bonds. The molecule has 3 N–H and O–H groups in total. The van der Waals surface area contributed by atoms with Crippen molar-refractivity contribution in [3.05, 3.63) is 23.2 Å². The fourth-order valence-electron chi connectivity index (χ4n) is 2.26. The molecule has 1 aromatic carbocycles. The molecule has 2 rings (SSSR count). The quantitative estimate of drug-likeness (QED) is 0.825. The fraction of sp³-hybridized carbons (Fsp3) is 0.500. The predicted molar refractivity (Wildman–Crippen MR) is 74.4 cm³/mol. The predicted octanol–water partition coefficient (Wildman–Crippen LogP) is 1.32. The highest BCUT2D eigenvalue weighted by Crippen LogP contribution is 2.29. The Bertz CT molecular complexity index is 562. The maximum atomic E-state index is 12.5. The van der Waals surface area contributed by atoms with E-state index in [1.807, 2.05) is 0 Å². The molecule has 1 saturated heterocycles. The summed E-state index contributed by atoms with van der Waals surface area (Å²) in [6.07, 6.45) is 1.59. The van der Waals surface area contributed by atoms with E-state index in [1.54, 1.807) is 0 Å². The molecule has 1 aliphatic heterocycles. The SMILES string of the molecule is Nc1ccc(S(=O)(=O)N2CCCC(CO)C2)c(Cl)c1. The van der Waals surface area contributed by atoms with E-state index in [0.29, 0.717) is 18.8 Å². The van der Waals surface area contributed by atoms with Crippen LogP contribution in [0.5, 0.6) is 0 Å². The summed E-state index contributed by atoms with van der Waals surface area (Å²) in [7, 11) is -3.62. The van der Waals surface area contributed by atoms with E-state index >= 15 is 0 Å². The van der Waals surface area contributed by atoms with Crippen molar-refractivity contribution < 1.29 is 13.5 Å². The van der Waals surface area contributed by atoms with Gasteiger partial charge in [-0.3, -0.25) is 0 Å². The van der Waals surface area contributed by atoms with Gasteiger partial charge in [0, 0.05) is 25.4 Å². The number of hydrogen-bond acceptors (Lipinski definition) is 4. The molecule has 0 radical (unpaired) electrons. The molecule has 1 atom stereocenters. The van der Waals surface area contributed by atoms with E-state index in [0.717, 1.165) is 12.8 Å². The summed E-state index contributed by atoms with van der Waals surface area (Å²) in [6, 6.07) is 4.38. The lowest BCUT2D eigenvalue weighted by Crippen LogP contribution is -2.40. The average molecular weight is 305 g/mol. The Morgan fingerprint density at radius 1 is 1.47 bits per heavy atom. The van der Waals surface area contributed by atoms with Gasteiger partial charge in [-0.25, -0.2) is 8.42 Å². The Balaban J connectivity index is 2.31. The number of piperidine rings is 1. The molecule has 0 aliphatic carbocycles. The summed E-state index contributed by atoms with van der Waals surface area (Å²) < 4.78 is 26.4. The molecule has 1 heterocycles. The van der Waals surface area contributed by atoms with Crippen molar-refractivity contribution in [2.24, 2.45) is 5.92 Å². The smallest absolute Gasteiger partial charge is 0.244 e. The van der Waals surface area contributed by atoms with Crippen molar-refractivity contribution in [2.75, 3.05) is 25.4 Å². The minimum atomic E-state index is -3.62. The number of nitrogens with zero attached hydrogens (tertiary/aromatic N) is 1. The van der Waals surface area contributed by atoms with Gasteiger partial charge in [0.05, 0.1) is 5.02 Å². The van der Waals surface area contributed by atoms with Gasteiger partial charge in [-0.1, -0.05) is 11.6 Å².